The van der Waals surface area contributed by atoms with Crippen molar-refractivity contribution in [3.05, 3.63) is 29.3 Å². The van der Waals surface area contributed by atoms with E-state index < -0.39 is 10.0 Å². The lowest BCUT2D eigenvalue weighted by molar-refractivity contribution is 0.111. The number of hydrogen-bond acceptors (Lipinski definition) is 4. The molecule has 1 amide bonds. The van der Waals surface area contributed by atoms with Crippen molar-refractivity contribution < 1.29 is 17.9 Å². The Labute approximate surface area is 136 Å². The van der Waals surface area contributed by atoms with Crippen LogP contribution in [0.15, 0.2) is 23.1 Å². The SMILES string of the molecule is COC(=O)N1CCC(NS(=O)(=O)c2ccc3c(c2)CCC3)CC1. The molecule has 3 rings (SSSR count). The topological polar surface area (TPSA) is 75.7 Å². The first kappa shape index (κ1) is 16.3. The molecule has 23 heavy (non-hydrogen) atoms. The number of aryl methyl sites for hydroxylation is 2. The largest absolute Gasteiger partial charge is 0.453 e. The maximum atomic E-state index is 12.6. The highest BCUT2D eigenvalue weighted by molar-refractivity contribution is 7.89. The van der Waals surface area contributed by atoms with Crippen molar-refractivity contribution in [3.63, 3.8) is 0 Å². The van der Waals surface area contributed by atoms with Gasteiger partial charge >= 0.3 is 6.09 Å². The minimum Gasteiger partial charge on any atom is -0.453 e. The number of methoxy groups -OCH3 is 1. The lowest BCUT2D eigenvalue weighted by Gasteiger charge is -2.31. The van der Waals surface area contributed by atoms with Gasteiger partial charge in [-0.05, 0) is 55.4 Å². The van der Waals surface area contributed by atoms with Crippen LogP contribution in [0.5, 0.6) is 0 Å². The van der Waals surface area contributed by atoms with Crippen molar-refractivity contribution in [2.75, 3.05) is 20.2 Å². The summed E-state index contributed by atoms with van der Waals surface area (Å²) in [6, 6.07) is 5.27. The molecule has 1 aliphatic heterocycles. The molecule has 0 bridgehead atoms. The third kappa shape index (κ3) is 3.50. The molecule has 0 saturated carbocycles. The van der Waals surface area contributed by atoms with Crippen LogP contribution in [0.1, 0.15) is 30.4 Å². The molecule has 1 fully saturated rings. The van der Waals surface area contributed by atoms with Crippen LogP contribution in [0.3, 0.4) is 0 Å². The molecule has 1 N–H and O–H groups in total. The number of piperidine rings is 1. The molecule has 0 aromatic heterocycles. The van der Waals surface area contributed by atoms with Crippen LogP contribution in [0.2, 0.25) is 0 Å². The Balaban J connectivity index is 1.64. The number of hydrogen-bond donors (Lipinski definition) is 1. The van der Waals surface area contributed by atoms with Crippen molar-refractivity contribution in [2.45, 2.75) is 43.0 Å². The van der Waals surface area contributed by atoms with Crippen LogP contribution in [0, 0.1) is 0 Å². The average Bonchev–Trinajstić information content (AvgIpc) is 3.02. The van der Waals surface area contributed by atoms with E-state index in [1.54, 1.807) is 17.0 Å². The van der Waals surface area contributed by atoms with Gasteiger partial charge in [0.2, 0.25) is 10.0 Å². The summed E-state index contributed by atoms with van der Waals surface area (Å²) in [5.74, 6) is 0. The summed E-state index contributed by atoms with van der Waals surface area (Å²) in [6.07, 6.45) is 3.92. The van der Waals surface area contributed by atoms with Crippen molar-refractivity contribution in [3.8, 4) is 0 Å². The van der Waals surface area contributed by atoms with Gasteiger partial charge in [-0.2, -0.15) is 0 Å². The van der Waals surface area contributed by atoms with Gasteiger partial charge in [-0.25, -0.2) is 17.9 Å². The van der Waals surface area contributed by atoms with E-state index in [0.717, 1.165) is 24.8 Å². The number of carbonyl (C=O) groups excluding carboxylic acids is 1. The van der Waals surface area contributed by atoms with Gasteiger partial charge in [0.05, 0.1) is 12.0 Å². The second-order valence-corrected chi connectivity index (χ2v) is 7.85. The monoisotopic (exact) mass is 338 g/mol. The molecule has 0 atom stereocenters. The van der Waals surface area contributed by atoms with E-state index in [1.807, 2.05) is 6.07 Å². The quantitative estimate of drug-likeness (QED) is 0.910. The molecule has 1 aromatic rings. The first-order valence-corrected chi connectivity index (χ1v) is 9.45. The van der Waals surface area contributed by atoms with Gasteiger partial charge in [0.15, 0.2) is 0 Å². The number of rotatable bonds is 3. The smallest absolute Gasteiger partial charge is 0.409 e. The van der Waals surface area contributed by atoms with Crippen LogP contribution < -0.4 is 4.72 Å². The molecule has 2 aliphatic rings. The molecule has 6 nitrogen and oxygen atoms in total. The Hall–Kier alpha value is -1.60. The predicted octanol–water partition coefficient (Wildman–Crippen LogP) is 1.68. The van der Waals surface area contributed by atoms with Crippen LogP contribution in [-0.4, -0.2) is 45.7 Å². The number of ether oxygens (including phenoxy) is 1. The number of amides is 1. The molecule has 126 valence electrons. The maximum absolute atomic E-state index is 12.6. The van der Waals surface area contributed by atoms with Crippen molar-refractivity contribution in [1.82, 2.24) is 9.62 Å². The van der Waals surface area contributed by atoms with Gasteiger partial charge in [0, 0.05) is 19.1 Å². The Morgan fingerprint density at radius 2 is 1.91 bits per heavy atom. The minimum atomic E-state index is -3.51. The molecular formula is C16H22N2O4S. The van der Waals surface area contributed by atoms with Gasteiger partial charge in [-0.1, -0.05) is 6.07 Å². The fraction of sp³-hybridized carbons (Fsp3) is 0.562. The van der Waals surface area contributed by atoms with E-state index in [2.05, 4.69) is 9.46 Å². The average molecular weight is 338 g/mol. The number of sulfonamides is 1. The third-order valence-corrected chi connectivity index (χ3v) is 6.15. The second kappa shape index (κ2) is 6.49. The molecule has 1 aromatic carbocycles. The number of carbonyl (C=O) groups is 1. The standard InChI is InChI=1S/C16H22N2O4S/c1-22-16(19)18-9-7-14(8-10-18)17-23(20,21)15-6-5-12-3-2-4-13(12)11-15/h5-6,11,14,17H,2-4,7-10H2,1H3. The summed E-state index contributed by atoms with van der Waals surface area (Å²) in [5.41, 5.74) is 2.41. The first-order chi connectivity index (χ1) is 11.0. The Morgan fingerprint density at radius 3 is 2.61 bits per heavy atom. The number of benzene rings is 1. The summed E-state index contributed by atoms with van der Waals surface area (Å²) in [7, 11) is -2.16. The summed E-state index contributed by atoms with van der Waals surface area (Å²) in [6.45, 7) is 1.01. The van der Waals surface area contributed by atoms with E-state index in [4.69, 9.17) is 0 Å². The van der Waals surface area contributed by atoms with Crippen LogP contribution in [0.25, 0.3) is 0 Å². The fourth-order valence-corrected chi connectivity index (χ4v) is 4.67. The van der Waals surface area contributed by atoms with Crippen LogP contribution in [-0.2, 0) is 27.6 Å². The van der Waals surface area contributed by atoms with Crippen molar-refractivity contribution >= 4 is 16.1 Å². The van der Waals surface area contributed by atoms with E-state index in [-0.39, 0.29) is 12.1 Å². The van der Waals surface area contributed by atoms with E-state index >= 15 is 0 Å². The summed E-state index contributed by atoms with van der Waals surface area (Å²) < 4.78 is 32.6. The minimum absolute atomic E-state index is 0.144. The lowest BCUT2D eigenvalue weighted by atomic mass is 10.1. The van der Waals surface area contributed by atoms with Crippen molar-refractivity contribution in [1.29, 1.82) is 0 Å². The number of likely N-dealkylation sites (tertiary alicyclic amines) is 1. The first-order valence-electron chi connectivity index (χ1n) is 7.96. The molecule has 0 unspecified atom stereocenters. The highest BCUT2D eigenvalue weighted by Crippen LogP contribution is 2.25. The molecule has 0 spiro atoms. The number of fused-ring (bicyclic) bond motifs is 1. The highest BCUT2D eigenvalue weighted by Gasteiger charge is 2.27. The van der Waals surface area contributed by atoms with Gasteiger partial charge in [0.25, 0.3) is 0 Å². The van der Waals surface area contributed by atoms with Crippen LogP contribution >= 0.6 is 0 Å². The molecule has 1 heterocycles. The number of nitrogens with one attached hydrogen (secondary N) is 1. The van der Waals surface area contributed by atoms with Crippen molar-refractivity contribution in [2.24, 2.45) is 0 Å². The zero-order valence-electron chi connectivity index (χ0n) is 13.2. The zero-order chi connectivity index (χ0) is 16.4. The molecule has 1 saturated heterocycles. The third-order valence-electron chi connectivity index (χ3n) is 4.63. The fourth-order valence-electron chi connectivity index (χ4n) is 3.31. The normalized spacial score (nSPS) is 18.7. The maximum Gasteiger partial charge on any atom is 0.409 e. The van der Waals surface area contributed by atoms with E-state index in [9.17, 15) is 13.2 Å². The Bertz CT molecular complexity index is 694. The molecular weight excluding hydrogens is 316 g/mol. The highest BCUT2D eigenvalue weighted by atomic mass is 32.2. The summed E-state index contributed by atoms with van der Waals surface area (Å²) >= 11 is 0. The van der Waals surface area contributed by atoms with Crippen LogP contribution in [0.4, 0.5) is 4.79 Å². The number of nitrogens with zero attached hydrogens (tertiary/aromatic N) is 1. The summed E-state index contributed by atoms with van der Waals surface area (Å²) in [5, 5.41) is 0. The van der Waals surface area contributed by atoms with Gasteiger partial charge in [-0.15, -0.1) is 0 Å². The zero-order valence-corrected chi connectivity index (χ0v) is 14.1. The Morgan fingerprint density at radius 1 is 1.22 bits per heavy atom. The van der Waals surface area contributed by atoms with Gasteiger partial charge in [-0.3, -0.25) is 0 Å². The Kier molecular flexibility index (Phi) is 4.59. The van der Waals surface area contributed by atoms with E-state index in [1.165, 1.54) is 12.7 Å². The molecule has 1 aliphatic carbocycles. The summed E-state index contributed by atoms with van der Waals surface area (Å²) in [4.78, 5) is 13.4. The molecule has 7 heteroatoms. The molecule has 0 radical (unpaired) electrons. The second-order valence-electron chi connectivity index (χ2n) is 6.14. The van der Waals surface area contributed by atoms with Gasteiger partial charge < -0.3 is 9.64 Å². The van der Waals surface area contributed by atoms with E-state index in [0.29, 0.717) is 30.8 Å². The van der Waals surface area contributed by atoms with Gasteiger partial charge in [0.1, 0.15) is 0 Å². The predicted molar refractivity (Wildman–Crippen MR) is 85.8 cm³/mol. The lowest BCUT2D eigenvalue weighted by Crippen LogP contribution is -2.46.